The van der Waals surface area contributed by atoms with Crippen LogP contribution in [0.5, 0.6) is 5.75 Å². The van der Waals surface area contributed by atoms with Crippen LogP contribution in [0.25, 0.3) is 0 Å². The Balaban J connectivity index is 2.07. The van der Waals surface area contributed by atoms with Crippen LogP contribution < -0.4 is 10.1 Å². The van der Waals surface area contributed by atoms with E-state index in [4.69, 9.17) is 14.2 Å². The van der Waals surface area contributed by atoms with Gasteiger partial charge in [0.15, 0.2) is 5.96 Å². The van der Waals surface area contributed by atoms with E-state index in [2.05, 4.69) is 10.3 Å². The van der Waals surface area contributed by atoms with Crippen molar-refractivity contribution in [3.05, 3.63) is 29.3 Å². The van der Waals surface area contributed by atoms with Crippen LogP contribution in [-0.4, -0.2) is 64.3 Å². The van der Waals surface area contributed by atoms with Crippen LogP contribution in [0.4, 0.5) is 0 Å². The number of methoxy groups -OCH3 is 3. The molecule has 0 spiro atoms. The van der Waals surface area contributed by atoms with Gasteiger partial charge in [0.05, 0.1) is 27.2 Å². The molecule has 0 radical (unpaired) electrons. The predicted molar refractivity (Wildman–Crippen MR) is 101 cm³/mol. The maximum atomic E-state index is 11.9. The highest BCUT2D eigenvalue weighted by atomic mass is 16.5. The average Bonchev–Trinajstić information content (AvgIpc) is 3.08. The number of carbonyl (C=O) groups excluding carboxylic acids is 2. The molecule has 2 unspecified atom stereocenters. The summed E-state index contributed by atoms with van der Waals surface area (Å²) in [4.78, 5) is 30.1. The molecule has 8 heteroatoms. The number of benzene rings is 1. The van der Waals surface area contributed by atoms with Gasteiger partial charge < -0.3 is 24.4 Å². The molecule has 1 aliphatic heterocycles. The Morgan fingerprint density at radius 3 is 2.56 bits per heavy atom. The van der Waals surface area contributed by atoms with Gasteiger partial charge in [-0.05, 0) is 23.6 Å². The zero-order chi connectivity index (χ0) is 20.0. The van der Waals surface area contributed by atoms with E-state index in [1.807, 2.05) is 17.9 Å². The van der Waals surface area contributed by atoms with E-state index < -0.39 is 5.97 Å². The second-order valence-electron chi connectivity index (χ2n) is 6.44. The third-order valence-electron chi connectivity index (χ3n) is 4.75. The first-order chi connectivity index (χ1) is 12.9. The molecular weight excluding hydrogens is 350 g/mol. The minimum atomic E-state index is -0.452. The third kappa shape index (κ3) is 4.69. The lowest BCUT2D eigenvalue weighted by molar-refractivity contribution is -0.145. The summed E-state index contributed by atoms with van der Waals surface area (Å²) >= 11 is 0. The predicted octanol–water partition coefficient (Wildman–Crippen LogP) is 1.30. The molecule has 0 aromatic heterocycles. The van der Waals surface area contributed by atoms with E-state index >= 15 is 0 Å². The minimum Gasteiger partial charge on any atom is -0.496 e. The zero-order valence-electron chi connectivity index (χ0n) is 16.4. The number of nitrogens with one attached hydrogen (secondary N) is 1. The SMILES string of the molecule is CN=C(NCc1ccc(OC)c(C(=O)OC)c1)N1CC(C)C(C(=O)OC)C1. The standard InChI is InChI=1S/C19H27N3O5/c1-12-10-22(11-15(12)18(24)27-5)19(20-2)21-9-13-6-7-16(25-3)14(8-13)17(23)26-4/h6-8,12,15H,9-11H2,1-5H3,(H,20,21). The molecule has 1 N–H and O–H groups in total. The summed E-state index contributed by atoms with van der Waals surface area (Å²) in [6.45, 7) is 3.77. The summed E-state index contributed by atoms with van der Waals surface area (Å²) in [5.41, 5.74) is 1.25. The Hall–Kier alpha value is -2.77. The van der Waals surface area contributed by atoms with Crippen molar-refractivity contribution in [3.63, 3.8) is 0 Å². The fraction of sp³-hybridized carbons (Fsp3) is 0.526. The van der Waals surface area contributed by atoms with E-state index in [0.29, 0.717) is 30.4 Å². The number of ether oxygens (including phenoxy) is 3. The van der Waals surface area contributed by atoms with Gasteiger partial charge in [0.2, 0.25) is 0 Å². The van der Waals surface area contributed by atoms with Crippen molar-refractivity contribution in [1.29, 1.82) is 0 Å². The summed E-state index contributed by atoms with van der Waals surface area (Å²) in [5.74, 6) is 0.530. The number of esters is 2. The largest absolute Gasteiger partial charge is 0.496 e. The van der Waals surface area contributed by atoms with E-state index in [-0.39, 0.29) is 17.8 Å². The summed E-state index contributed by atoms with van der Waals surface area (Å²) in [6, 6.07) is 5.33. The van der Waals surface area contributed by atoms with Crippen molar-refractivity contribution in [2.75, 3.05) is 41.5 Å². The van der Waals surface area contributed by atoms with Gasteiger partial charge in [0, 0.05) is 26.7 Å². The lowest BCUT2D eigenvalue weighted by atomic mass is 9.99. The first kappa shape index (κ1) is 20.5. The van der Waals surface area contributed by atoms with Gasteiger partial charge >= 0.3 is 11.9 Å². The highest BCUT2D eigenvalue weighted by Crippen LogP contribution is 2.24. The van der Waals surface area contributed by atoms with E-state index in [1.165, 1.54) is 21.3 Å². The molecule has 2 rings (SSSR count). The van der Waals surface area contributed by atoms with Gasteiger partial charge in [-0.15, -0.1) is 0 Å². The van der Waals surface area contributed by atoms with Gasteiger partial charge in [0.1, 0.15) is 11.3 Å². The molecule has 148 valence electrons. The smallest absolute Gasteiger partial charge is 0.341 e. The Kier molecular flexibility index (Phi) is 7.04. The molecule has 1 aliphatic rings. The van der Waals surface area contributed by atoms with Crippen molar-refractivity contribution < 1.29 is 23.8 Å². The number of nitrogens with zero attached hydrogens (tertiary/aromatic N) is 2. The maximum absolute atomic E-state index is 11.9. The summed E-state index contributed by atoms with van der Waals surface area (Å²) < 4.78 is 14.9. The molecule has 1 aromatic rings. The molecule has 0 saturated carbocycles. The van der Waals surface area contributed by atoms with Crippen molar-refractivity contribution >= 4 is 17.9 Å². The molecule has 0 amide bonds. The monoisotopic (exact) mass is 377 g/mol. The van der Waals surface area contributed by atoms with Crippen LogP contribution in [0, 0.1) is 11.8 Å². The van der Waals surface area contributed by atoms with Gasteiger partial charge in [0.25, 0.3) is 0 Å². The number of guanidine groups is 1. The lowest BCUT2D eigenvalue weighted by Crippen LogP contribution is -2.40. The van der Waals surface area contributed by atoms with Crippen LogP contribution in [0.2, 0.25) is 0 Å². The third-order valence-corrected chi connectivity index (χ3v) is 4.75. The Bertz CT molecular complexity index is 719. The normalized spacial score (nSPS) is 19.6. The van der Waals surface area contributed by atoms with Crippen LogP contribution in [0.15, 0.2) is 23.2 Å². The Morgan fingerprint density at radius 2 is 1.96 bits per heavy atom. The van der Waals surface area contributed by atoms with Gasteiger partial charge in [-0.2, -0.15) is 0 Å². The zero-order valence-corrected chi connectivity index (χ0v) is 16.4. The van der Waals surface area contributed by atoms with E-state index in [9.17, 15) is 9.59 Å². The lowest BCUT2D eigenvalue weighted by Gasteiger charge is -2.21. The van der Waals surface area contributed by atoms with E-state index in [0.717, 1.165) is 12.1 Å². The highest BCUT2D eigenvalue weighted by molar-refractivity contribution is 5.92. The van der Waals surface area contributed by atoms with Crippen LogP contribution in [-0.2, 0) is 20.8 Å². The van der Waals surface area contributed by atoms with Crippen LogP contribution in [0.1, 0.15) is 22.8 Å². The van der Waals surface area contributed by atoms with Crippen LogP contribution >= 0.6 is 0 Å². The second kappa shape index (κ2) is 9.25. The molecule has 8 nitrogen and oxygen atoms in total. The molecule has 1 aromatic carbocycles. The molecule has 1 heterocycles. The maximum Gasteiger partial charge on any atom is 0.341 e. The fourth-order valence-electron chi connectivity index (χ4n) is 3.25. The summed E-state index contributed by atoms with van der Waals surface area (Å²) in [7, 11) is 5.95. The van der Waals surface area contributed by atoms with Crippen molar-refractivity contribution in [3.8, 4) is 5.75 Å². The number of carbonyl (C=O) groups is 2. The van der Waals surface area contributed by atoms with Gasteiger partial charge in [-0.3, -0.25) is 9.79 Å². The number of likely N-dealkylation sites (tertiary alicyclic amines) is 1. The molecule has 27 heavy (non-hydrogen) atoms. The second-order valence-corrected chi connectivity index (χ2v) is 6.44. The summed E-state index contributed by atoms with van der Waals surface area (Å²) in [6.07, 6.45) is 0. The number of hydrogen-bond donors (Lipinski definition) is 1. The van der Waals surface area contributed by atoms with Gasteiger partial charge in [-0.25, -0.2) is 4.79 Å². The van der Waals surface area contributed by atoms with Crippen molar-refractivity contribution in [2.24, 2.45) is 16.8 Å². The molecule has 0 bridgehead atoms. The number of aliphatic imine (C=N–C) groups is 1. The Morgan fingerprint density at radius 1 is 1.22 bits per heavy atom. The molecule has 0 aliphatic carbocycles. The molecule has 2 atom stereocenters. The number of rotatable bonds is 5. The molecule has 1 saturated heterocycles. The topological polar surface area (TPSA) is 89.5 Å². The fourth-order valence-corrected chi connectivity index (χ4v) is 3.25. The van der Waals surface area contributed by atoms with Crippen LogP contribution in [0.3, 0.4) is 0 Å². The first-order valence-electron chi connectivity index (χ1n) is 8.73. The average molecular weight is 377 g/mol. The van der Waals surface area contributed by atoms with E-state index in [1.54, 1.807) is 19.2 Å². The van der Waals surface area contributed by atoms with Gasteiger partial charge in [-0.1, -0.05) is 13.0 Å². The quantitative estimate of drug-likeness (QED) is 0.470. The number of hydrogen-bond acceptors (Lipinski definition) is 6. The first-order valence-corrected chi connectivity index (χ1v) is 8.73. The molecule has 1 fully saturated rings. The molecular formula is C19H27N3O5. The van der Waals surface area contributed by atoms with Crippen molar-refractivity contribution in [2.45, 2.75) is 13.5 Å². The Labute approximate surface area is 159 Å². The summed E-state index contributed by atoms with van der Waals surface area (Å²) in [5, 5.41) is 3.28. The minimum absolute atomic E-state index is 0.166. The highest BCUT2D eigenvalue weighted by Gasteiger charge is 2.36. The van der Waals surface area contributed by atoms with Crippen molar-refractivity contribution in [1.82, 2.24) is 10.2 Å².